The first kappa shape index (κ1) is 9.75. The lowest BCUT2D eigenvalue weighted by Crippen LogP contribution is -2.30. The van der Waals surface area contributed by atoms with E-state index < -0.39 is 17.6 Å². The zero-order chi connectivity index (χ0) is 10.0. The number of nitrogen functional groups attached to an aromatic ring is 1. The highest BCUT2D eigenvalue weighted by molar-refractivity contribution is 9.10. The molecule has 7 heteroatoms. The number of carbonyl (C=O) groups excluding carboxylic acids is 1. The van der Waals surface area contributed by atoms with Crippen LogP contribution >= 0.6 is 15.9 Å². The fraction of sp³-hybridized carbons (Fsp3) is 0. The largest absolute Gasteiger partial charge is 0.475 e. The molecule has 0 radical (unpaired) electrons. The van der Waals surface area contributed by atoms with Gasteiger partial charge in [-0.25, -0.2) is 10.6 Å². The van der Waals surface area contributed by atoms with E-state index in [0.29, 0.717) is 0 Å². The molecule has 0 atom stereocenters. The first-order valence-corrected chi connectivity index (χ1v) is 3.89. The molecule has 0 fully saturated rings. The molecule has 0 bridgehead atoms. The summed E-state index contributed by atoms with van der Waals surface area (Å²) in [6.07, 6.45) is 0. The number of furan rings is 1. The van der Waals surface area contributed by atoms with Crippen molar-refractivity contribution >= 4 is 27.8 Å². The highest BCUT2D eigenvalue weighted by Gasteiger charge is 2.21. The number of carboxylic acid groups (broad SMARTS) is 1. The molecular weight excluding hydrogens is 244 g/mol. The van der Waals surface area contributed by atoms with Gasteiger partial charge in [-0.15, -0.1) is 0 Å². The van der Waals surface area contributed by atoms with Gasteiger partial charge in [0.1, 0.15) is 0 Å². The molecule has 4 N–H and O–H groups in total. The third-order valence-electron chi connectivity index (χ3n) is 1.27. The average Bonchev–Trinajstić information content (AvgIpc) is 2.46. The maximum atomic E-state index is 11.0. The minimum absolute atomic E-state index is 0.123. The van der Waals surface area contributed by atoms with Crippen molar-refractivity contribution < 1.29 is 19.1 Å². The van der Waals surface area contributed by atoms with Crippen LogP contribution < -0.4 is 11.3 Å². The molecule has 1 aromatic heterocycles. The third kappa shape index (κ3) is 1.87. The lowest BCUT2D eigenvalue weighted by atomic mass is 10.2. The highest BCUT2D eigenvalue weighted by atomic mass is 79.9. The van der Waals surface area contributed by atoms with Gasteiger partial charge < -0.3 is 9.52 Å². The number of hydrogen-bond acceptors (Lipinski definition) is 4. The van der Waals surface area contributed by atoms with Gasteiger partial charge in [0.25, 0.3) is 5.91 Å². The van der Waals surface area contributed by atoms with Gasteiger partial charge in [0.15, 0.2) is 4.67 Å². The van der Waals surface area contributed by atoms with Gasteiger partial charge in [-0.2, -0.15) is 0 Å². The zero-order valence-electron chi connectivity index (χ0n) is 6.20. The summed E-state index contributed by atoms with van der Waals surface area (Å²) in [5, 5.41) is 8.59. The molecule has 0 aliphatic heterocycles. The van der Waals surface area contributed by atoms with Crippen LogP contribution in [0, 0.1) is 0 Å². The van der Waals surface area contributed by atoms with Crippen LogP contribution in [0.5, 0.6) is 0 Å². The topological polar surface area (TPSA) is 106 Å². The summed E-state index contributed by atoms with van der Waals surface area (Å²) in [7, 11) is 0. The van der Waals surface area contributed by atoms with Gasteiger partial charge >= 0.3 is 5.97 Å². The second-order valence-electron chi connectivity index (χ2n) is 2.07. The van der Waals surface area contributed by atoms with Gasteiger partial charge in [-0.05, 0) is 15.9 Å². The number of halogens is 1. The van der Waals surface area contributed by atoms with Gasteiger partial charge in [0, 0.05) is 6.07 Å². The van der Waals surface area contributed by atoms with Crippen molar-refractivity contribution in [1.29, 1.82) is 0 Å². The minimum Gasteiger partial charge on any atom is -0.475 e. The SMILES string of the molecule is NNC(=O)c1cc(Br)oc1C(=O)O. The number of carbonyl (C=O) groups is 2. The Labute approximate surface area is 80.8 Å². The number of carboxylic acids is 1. The Hall–Kier alpha value is -1.34. The summed E-state index contributed by atoms with van der Waals surface area (Å²) in [5.41, 5.74) is 1.68. The van der Waals surface area contributed by atoms with Crippen LogP contribution in [0.2, 0.25) is 0 Å². The van der Waals surface area contributed by atoms with Crippen LogP contribution in [0.4, 0.5) is 0 Å². The maximum absolute atomic E-state index is 11.0. The van der Waals surface area contributed by atoms with Gasteiger partial charge in [-0.3, -0.25) is 10.2 Å². The van der Waals surface area contributed by atoms with Crippen LogP contribution in [0.25, 0.3) is 0 Å². The highest BCUT2D eigenvalue weighted by Crippen LogP contribution is 2.20. The number of hydrogen-bond donors (Lipinski definition) is 3. The second-order valence-corrected chi connectivity index (χ2v) is 2.85. The Morgan fingerprint density at radius 1 is 1.62 bits per heavy atom. The Balaban J connectivity index is 3.19. The number of rotatable bonds is 2. The first-order chi connectivity index (χ1) is 6.06. The van der Waals surface area contributed by atoms with Crippen molar-refractivity contribution in [2.75, 3.05) is 0 Å². The van der Waals surface area contributed by atoms with Gasteiger partial charge in [-0.1, -0.05) is 0 Å². The molecule has 13 heavy (non-hydrogen) atoms. The van der Waals surface area contributed by atoms with Crippen LogP contribution in [-0.4, -0.2) is 17.0 Å². The van der Waals surface area contributed by atoms with Crippen LogP contribution in [-0.2, 0) is 0 Å². The fourth-order valence-corrected chi connectivity index (χ4v) is 1.16. The lowest BCUT2D eigenvalue weighted by Gasteiger charge is -1.94. The molecule has 6 nitrogen and oxygen atoms in total. The molecule has 0 aliphatic rings. The Morgan fingerprint density at radius 3 is 2.69 bits per heavy atom. The van der Waals surface area contributed by atoms with Crippen molar-refractivity contribution in [3.63, 3.8) is 0 Å². The summed E-state index contributed by atoms with van der Waals surface area (Å²) in [4.78, 5) is 21.5. The van der Waals surface area contributed by atoms with E-state index in [9.17, 15) is 9.59 Å². The Kier molecular flexibility index (Phi) is 2.69. The van der Waals surface area contributed by atoms with E-state index in [4.69, 9.17) is 15.4 Å². The molecule has 0 saturated heterocycles. The monoisotopic (exact) mass is 248 g/mol. The van der Waals surface area contributed by atoms with Crippen LogP contribution in [0.3, 0.4) is 0 Å². The Bertz CT molecular complexity index is 360. The predicted octanol–water partition coefficient (Wildman–Crippen LogP) is 0.344. The third-order valence-corrected chi connectivity index (χ3v) is 1.66. The van der Waals surface area contributed by atoms with E-state index in [-0.39, 0.29) is 10.2 Å². The maximum Gasteiger partial charge on any atom is 0.372 e. The van der Waals surface area contributed by atoms with Gasteiger partial charge in [0.05, 0.1) is 5.56 Å². The summed E-state index contributed by atoms with van der Waals surface area (Å²) in [6.45, 7) is 0. The quantitative estimate of drug-likeness (QED) is 0.398. The molecule has 0 unspecified atom stereocenters. The van der Waals surface area contributed by atoms with Gasteiger partial charge in [0.2, 0.25) is 5.76 Å². The second kappa shape index (κ2) is 3.58. The molecule has 0 spiro atoms. The first-order valence-electron chi connectivity index (χ1n) is 3.10. The minimum atomic E-state index is -1.33. The standard InChI is InChI=1S/C6H5BrN2O4/c7-3-1-2(5(10)9-8)4(13-3)6(11)12/h1H,8H2,(H,9,10)(H,11,12). The normalized spacial score (nSPS) is 9.69. The molecular formula is C6H5BrN2O4. The van der Waals surface area contributed by atoms with Crippen molar-refractivity contribution in [3.05, 3.63) is 22.1 Å². The van der Waals surface area contributed by atoms with Crippen molar-refractivity contribution in [1.82, 2.24) is 5.43 Å². The van der Waals surface area contributed by atoms with E-state index in [2.05, 4.69) is 15.9 Å². The molecule has 0 aliphatic carbocycles. The van der Waals surface area contributed by atoms with Crippen molar-refractivity contribution in [2.45, 2.75) is 0 Å². The molecule has 1 aromatic rings. The molecule has 0 aromatic carbocycles. The lowest BCUT2D eigenvalue weighted by molar-refractivity contribution is 0.0654. The predicted molar refractivity (Wildman–Crippen MR) is 45.0 cm³/mol. The summed E-state index contributed by atoms with van der Waals surface area (Å²) in [6, 6.07) is 1.23. The number of hydrazine groups is 1. The van der Waals surface area contributed by atoms with E-state index in [1.807, 2.05) is 0 Å². The number of nitrogens with two attached hydrogens (primary N) is 1. The van der Waals surface area contributed by atoms with Crippen molar-refractivity contribution in [2.24, 2.45) is 5.84 Å². The smallest absolute Gasteiger partial charge is 0.372 e. The van der Waals surface area contributed by atoms with E-state index >= 15 is 0 Å². The van der Waals surface area contributed by atoms with E-state index in [1.54, 1.807) is 5.43 Å². The van der Waals surface area contributed by atoms with E-state index in [0.717, 1.165) is 0 Å². The fourth-order valence-electron chi connectivity index (χ4n) is 0.766. The molecule has 1 rings (SSSR count). The Morgan fingerprint density at radius 2 is 2.23 bits per heavy atom. The molecule has 0 saturated carbocycles. The number of amides is 1. The summed E-state index contributed by atoms with van der Waals surface area (Å²) >= 11 is 2.90. The molecule has 70 valence electrons. The molecule has 1 heterocycles. The number of nitrogens with one attached hydrogen (secondary N) is 1. The summed E-state index contributed by atoms with van der Waals surface area (Å²) in [5.74, 6) is 2.34. The van der Waals surface area contributed by atoms with Crippen LogP contribution in [0.1, 0.15) is 20.9 Å². The zero-order valence-corrected chi connectivity index (χ0v) is 7.79. The van der Waals surface area contributed by atoms with Crippen LogP contribution in [0.15, 0.2) is 15.2 Å². The summed E-state index contributed by atoms with van der Waals surface area (Å²) < 4.78 is 4.86. The van der Waals surface area contributed by atoms with Crippen molar-refractivity contribution in [3.8, 4) is 0 Å². The number of aromatic carboxylic acids is 1. The van der Waals surface area contributed by atoms with E-state index in [1.165, 1.54) is 6.07 Å². The average molecular weight is 249 g/mol. The molecule has 1 amide bonds.